The van der Waals surface area contributed by atoms with Crippen LogP contribution in [0, 0.1) is 17.5 Å². The Kier molecular flexibility index (Phi) is 2.66. The van der Waals surface area contributed by atoms with Crippen LogP contribution in [0.15, 0.2) is 24.8 Å². The van der Waals surface area contributed by atoms with Gasteiger partial charge in [-0.2, -0.15) is 0 Å². The van der Waals surface area contributed by atoms with Crippen molar-refractivity contribution in [2.24, 2.45) is 5.73 Å². The molecule has 0 fully saturated rings. The maximum absolute atomic E-state index is 13.2. The Labute approximate surface area is 80.0 Å². The van der Waals surface area contributed by atoms with Crippen LogP contribution in [-0.4, -0.2) is 0 Å². The van der Waals surface area contributed by atoms with E-state index in [1.165, 1.54) is 13.0 Å². The van der Waals surface area contributed by atoms with Crippen LogP contribution in [0.1, 0.15) is 12.5 Å². The van der Waals surface area contributed by atoms with Crippen molar-refractivity contribution in [2.75, 3.05) is 0 Å². The molecule has 0 bridgehead atoms. The average Bonchev–Trinajstić information content (AvgIpc) is 2.11. The van der Waals surface area contributed by atoms with Crippen LogP contribution in [0.25, 0.3) is 0 Å². The van der Waals surface area contributed by atoms with Crippen LogP contribution in [0.4, 0.5) is 13.2 Å². The van der Waals surface area contributed by atoms with E-state index in [1.807, 2.05) is 0 Å². The number of halogens is 3. The summed E-state index contributed by atoms with van der Waals surface area (Å²) in [7, 11) is 0. The second-order valence-corrected chi connectivity index (χ2v) is 3.23. The van der Waals surface area contributed by atoms with Crippen molar-refractivity contribution in [2.45, 2.75) is 12.5 Å². The SMILES string of the molecule is C=C[C@](C)(N)c1cc(F)c(F)cc1F. The predicted octanol–water partition coefficient (Wildman–Crippen LogP) is 2.46. The van der Waals surface area contributed by atoms with Crippen LogP contribution in [0.5, 0.6) is 0 Å². The lowest BCUT2D eigenvalue weighted by molar-refractivity contribution is 0.475. The third-order valence-electron chi connectivity index (χ3n) is 2.01. The van der Waals surface area contributed by atoms with Gasteiger partial charge in [-0.1, -0.05) is 6.08 Å². The Bertz CT molecular complexity index is 372. The molecule has 1 aromatic rings. The largest absolute Gasteiger partial charge is 0.318 e. The summed E-state index contributed by atoms with van der Waals surface area (Å²) in [6, 6.07) is 1.21. The topological polar surface area (TPSA) is 26.0 Å². The third kappa shape index (κ3) is 1.80. The highest BCUT2D eigenvalue weighted by molar-refractivity contribution is 5.30. The number of rotatable bonds is 2. The van der Waals surface area contributed by atoms with Gasteiger partial charge in [0.1, 0.15) is 5.82 Å². The molecule has 0 aliphatic heterocycles. The van der Waals surface area contributed by atoms with E-state index in [-0.39, 0.29) is 5.56 Å². The summed E-state index contributed by atoms with van der Waals surface area (Å²) in [5.41, 5.74) is 4.28. The molecule has 0 aliphatic carbocycles. The first kappa shape index (κ1) is 10.8. The Morgan fingerprint density at radius 2 is 1.71 bits per heavy atom. The Balaban J connectivity index is 3.36. The quantitative estimate of drug-likeness (QED) is 0.577. The van der Waals surface area contributed by atoms with Gasteiger partial charge in [0.05, 0.1) is 5.54 Å². The molecule has 76 valence electrons. The highest BCUT2D eigenvalue weighted by atomic mass is 19.2. The summed E-state index contributed by atoms with van der Waals surface area (Å²) in [4.78, 5) is 0. The molecule has 4 heteroatoms. The van der Waals surface area contributed by atoms with Gasteiger partial charge in [-0.15, -0.1) is 6.58 Å². The number of nitrogens with two attached hydrogens (primary N) is 1. The first-order valence-electron chi connectivity index (χ1n) is 3.96. The average molecular weight is 201 g/mol. The fourth-order valence-corrected chi connectivity index (χ4v) is 1.05. The van der Waals surface area contributed by atoms with Crippen LogP contribution >= 0.6 is 0 Å². The van der Waals surface area contributed by atoms with Gasteiger partial charge in [0.15, 0.2) is 11.6 Å². The van der Waals surface area contributed by atoms with Crippen molar-refractivity contribution < 1.29 is 13.2 Å². The van der Waals surface area contributed by atoms with Gasteiger partial charge in [-0.25, -0.2) is 13.2 Å². The molecule has 2 N–H and O–H groups in total. The molecule has 14 heavy (non-hydrogen) atoms. The lowest BCUT2D eigenvalue weighted by atomic mass is 9.93. The molecule has 0 aliphatic rings. The van der Waals surface area contributed by atoms with Crippen molar-refractivity contribution in [1.82, 2.24) is 0 Å². The van der Waals surface area contributed by atoms with Gasteiger partial charge >= 0.3 is 0 Å². The minimum absolute atomic E-state index is 0.119. The molecular weight excluding hydrogens is 191 g/mol. The minimum atomic E-state index is -1.23. The van der Waals surface area contributed by atoms with E-state index < -0.39 is 23.0 Å². The van der Waals surface area contributed by atoms with E-state index in [4.69, 9.17) is 5.73 Å². The van der Waals surface area contributed by atoms with Crippen LogP contribution in [-0.2, 0) is 5.54 Å². The zero-order valence-electron chi connectivity index (χ0n) is 7.65. The van der Waals surface area contributed by atoms with Gasteiger partial charge in [0, 0.05) is 11.6 Å². The highest BCUT2D eigenvalue weighted by Crippen LogP contribution is 2.24. The Hall–Kier alpha value is -1.29. The molecule has 1 aromatic carbocycles. The third-order valence-corrected chi connectivity index (χ3v) is 2.01. The summed E-state index contributed by atoms with van der Waals surface area (Å²) >= 11 is 0. The van der Waals surface area contributed by atoms with Crippen molar-refractivity contribution in [3.63, 3.8) is 0 Å². The molecule has 1 atom stereocenters. The van der Waals surface area contributed by atoms with E-state index in [9.17, 15) is 13.2 Å². The molecule has 0 spiro atoms. The van der Waals surface area contributed by atoms with Crippen molar-refractivity contribution >= 4 is 0 Å². The van der Waals surface area contributed by atoms with Gasteiger partial charge < -0.3 is 5.73 Å². The lowest BCUT2D eigenvalue weighted by Crippen LogP contribution is -2.31. The highest BCUT2D eigenvalue weighted by Gasteiger charge is 2.23. The standard InChI is InChI=1S/C10H10F3N/c1-3-10(2,14)6-4-8(12)9(13)5-7(6)11/h3-5H,1,14H2,2H3/t10-/m0/s1. The van der Waals surface area contributed by atoms with Gasteiger partial charge in [0.25, 0.3) is 0 Å². The van der Waals surface area contributed by atoms with E-state index in [2.05, 4.69) is 6.58 Å². The second kappa shape index (κ2) is 3.46. The molecule has 0 aromatic heterocycles. The molecule has 0 heterocycles. The van der Waals surface area contributed by atoms with Gasteiger partial charge in [0.2, 0.25) is 0 Å². The molecule has 0 saturated carbocycles. The first-order chi connectivity index (χ1) is 6.38. The van der Waals surface area contributed by atoms with Crippen LogP contribution in [0.3, 0.4) is 0 Å². The number of hydrogen-bond donors (Lipinski definition) is 1. The van der Waals surface area contributed by atoms with Crippen LogP contribution in [0.2, 0.25) is 0 Å². The van der Waals surface area contributed by atoms with Gasteiger partial charge in [-0.3, -0.25) is 0 Å². The Morgan fingerprint density at radius 1 is 1.21 bits per heavy atom. The summed E-state index contributed by atoms with van der Waals surface area (Å²) in [5.74, 6) is -3.24. The summed E-state index contributed by atoms with van der Waals surface area (Å²) in [6.45, 7) is 4.85. The molecule has 0 unspecified atom stereocenters. The lowest BCUT2D eigenvalue weighted by Gasteiger charge is -2.21. The van der Waals surface area contributed by atoms with Crippen LogP contribution < -0.4 is 5.73 Å². The van der Waals surface area contributed by atoms with E-state index in [0.29, 0.717) is 6.07 Å². The molecule has 1 nitrogen and oxygen atoms in total. The molecular formula is C10H10F3N. The van der Waals surface area contributed by atoms with E-state index in [0.717, 1.165) is 6.07 Å². The maximum Gasteiger partial charge on any atom is 0.161 e. The fraction of sp³-hybridized carbons (Fsp3) is 0.200. The fourth-order valence-electron chi connectivity index (χ4n) is 1.05. The smallest absolute Gasteiger partial charge is 0.161 e. The monoisotopic (exact) mass is 201 g/mol. The maximum atomic E-state index is 13.2. The molecule has 0 radical (unpaired) electrons. The Morgan fingerprint density at radius 3 is 2.21 bits per heavy atom. The van der Waals surface area contributed by atoms with E-state index in [1.54, 1.807) is 0 Å². The zero-order chi connectivity index (χ0) is 10.9. The first-order valence-corrected chi connectivity index (χ1v) is 3.96. The molecule has 0 amide bonds. The second-order valence-electron chi connectivity index (χ2n) is 3.23. The van der Waals surface area contributed by atoms with Gasteiger partial charge in [-0.05, 0) is 13.0 Å². The predicted molar refractivity (Wildman–Crippen MR) is 48.1 cm³/mol. The minimum Gasteiger partial charge on any atom is -0.318 e. The van der Waals surface area contributed by atoms with E-state index >= 15 is 0 Å². The zero-order valence-corrected chi connectivity index (χ0v) is 7.65. The molecule has 0 saturated heterocycles. The summed E-state index contributed by atoms with van der Waals surface area (Å²) in [6.07, 6.45) is 1.27. The summed E-state index contributed by atoms with van der Waals surface area (Å²) in [5, 5.41) is 0. The van der Waals surface area contributed by atoms with Crippen molar-refractivity contribution in [3.8, 4) is 0 Å². The normalized spacial score (nSPS) is 14.9. The van der Waals surface area contributed by atoms with Crippen molar-refractivity contribution in [1.29, 1.82) is 0 Å². The number of hydrogen-bond acceptors (Lipinski definition) is 1. The molecule has 1 rings (SSSR count). The van der Waals surface area contributed by atoms with Crippen molar-refractivity contribution in [3.05, 3.63) is 47.8 Å². The number of benzene rings is 1. The summed E-state index contributed by atoms with van der Waals surface area (Å²) < 4.78 is 38.5.